The smallest absolute Gasteiger partial charge is 0.413 e. The molecular formula is C32H35F2N3O4S. The first-order valence-electron chi connectivity index (χ1n) is 14.0. The summed E-state index contributed by atoms with van der Waals surface area (Å²) in [6, 6.07) is 16.1. The number of ether oxygens (including phenoxy) is 2. The predicted octanol–water partition coefficient (Wildman–Crippen LogP) is 7.15. The first kappa shape index (κ1) is 29.8. The molecule has 1 saturated heterocycles. The number of benzene rings is 2. The average molecular weight is 596 g/mol. The maximum atomic E-state index is 15.5. The van der Waals surface area contributed by atoms with Gasteiger partial charge in [-0.15, -0.1) is 11.8 Å². The molecule has 0 bridgehead atoms. The van der Waals surface area contributed by atoms with Crippen molar-refractivity contribution in [1.82, 2.24) is 9.88 Å². The summed E-state index contributed by atoms with van der Waals surface area (Å²) in [5.41, 5.74) is 2.96. The van der Waals surface area contributed by atoms with Crippen molar-refractivity contribution < 1.29 is 28.2 Å². The summed E-state index contributed by atoms with van der Waals surface area (Å²) in [6.45, 7) is 7.33. The molecule has 7 nitrogen and oxygen atoms in total. The Morgan fingerprint density at radius 3 is 2.62 bits per heavy atom. The highest BCUT2D eigenvalue weighted by Crippen LogP contribution is 2.46. The summed E-state index contributed by atoms with van der Waals surface area (Å²) in [7, 11) is 0. The number of phenols is 1. The van der Waals surface area contributed by atoms with Crippen molar-refractivity contribution in [1.29, 1.82) is 0 Å². The van der Waals surface area contributed by atoms with Gasteiger partial charge in [0.15, 0.2) is 0 Å². The van der Waals surface area contributed by atoms with E-state index in [0.29, 0.717) is 17.7 Å². The lowest BCUT2D eigenvalue weighted by Crippen LogP contribution is -2.27. The van der Waals surface area contributed by atoms with Crippen molar-refractivity contribution in [2.75, 3.05) is 37.4 Å². The number of likely N-dealkylation sites (tertiary alicyclic amines) is 1. The van der Waals surface area contributed by atoms with Crippen LogP contribution in [-0.4, -0.2) is 64.9 Å². The topological polar surface area (TPSA) is 83.9 Å². The predicted molar refractivity (Wildman–Crippen MR) is 161 cm³/mol. The Bertz CT molecular complexity index is 1470. The van der Waals surface area contributed by atoms with Crippen LogP contribution < -0.4 is 10.1 Å². The SMILES string of the molecule is CC(C)(C)OC(=O)Nc1ccc(C2=C(c3ccc(O[C@H]4CCN(CCCF)C4)cc3)c3ccc(O)cc3SC2)c(F)n1. The molecule has 3 aromatic rings. The van der Waals surface area contributed by atoms with Gasteiger partial charge >= 0.3 is 6.09 Å². The van der Waals surface area contributed by atoms with E-state index in [0.717, 1.165) is 59.0 Å². The molecule has 42 heavy (non-hydrogen) atoms. The molecule has 2 N–H and O–H groups in total. The first-order valence-corrected chi connectivity index (χ1v) is 15.0. The van der Waals surface area contributed by atoms with Crippen LogP contribution in [0.1, 0.15) is 50.3 Å². The molecule has 2 aliphatic rings. The number of hydrogen-bond donors (Lipinski definition) is 2. The molecule has 10 heteroatoms. The van der Waals surface area contributed by atoms with E-state index in [2.05, 4.69) is 15.2 Å². The number of phenolic OH excluding ortho intramolecular Hbond substituents is 1. The van der Waals surface area contributed by atoms with Gasteiger partial charge in [-0.3, -0.25) is 14.6 Å². The number of aromatic nitrogens is 1. The molecular weight excluding hydrogens is 560 g/mol. The zero-order valence-electron chi connectivity index (χ0n) is 24.0. The highest BCUT2D eigenvalue weighted by atomic mass is 32.2. The van der Waals surface area contributed by atoms with Crippen LogP contribution in [-0.2, 0) is 4.74 Å². The molecule has 1 aromatic heterocycles. The maximum Gasteiger partial charge on any atom is 0.413 e. The van der Waals surface area contributed by atoms with E-state index in [1.807, 2.05) is 30.3 Å². The number of amides is 1. The Morgan fingerprint density at radius 2 is 1.90 bits per heavy atom. The fourth-order valence-corrected chi connectivity index (χ4v) is 6.30. The number of fused-ring (bicyclic) bond motifs is 1. The Kier molecular flexibility index (Phi) is 9.03. The van der Waals surface area contributed by atoms with Crippen LogP contribution in [0.3, 0.4) is 0 Å². The van der Waals surface area contributed by atoms with Gasteiger partial charge in [0, 0.05) is 35.8 Å². The number of nitrogens with zero attached hydrogens (tertiary/aromatic N) is 2. The fourth-order valence-electron chi connectivity index (χ4n) is 5.17. The second-order valence-corrected chi connectivity index (χ2v) is 12.4. The van der Waals surface area contributed by atoms with E-state index in [-0.39, 0.29) is 24.3 Å². The number of alkyl halides is 1. The van der Waals surface area contributed by atoms with Crippen molar-refractivity contribution >= 4 is 34.8 Å². The van der Waals surface area contributed by atoms with Crippen molar-refractivity contribution in [2.45, 2.75) is 50.2 Å². The van der Waals surface area contributed by atoms with Crippen LogP contribution in [0, 0.1) is 5.95 Å². The van der Waals surface area contributed by atoms with Gasteiger partial charge in [0.05, 0.1) is 6.67 Å². The molecule has 2 aromatic carbocycles. The number of pyridine rings is 1. The Balaban J connectivity index is 1.43. The quantitative estimate of drug-likeness (QED) is 0.268. The van der Waals surface area contributed by atoms with Crippen LogP contribution in [0.25, 0.3) is 11.1 Å². The van der Waals surface area contributed by atoms with E-state index in [1.54, 1.807) is 45.0 Å². The minimum atomic E-state index is -0.712. The van der Waals surface area contributed by atoms with Crippen molar-refractivity contribution in [3.63, 3.8) is 0 Å². The van der Waals surface area contributed by atoms with Crippen LogP contribution in [0.4, 0.5) is 19.4 Å². The first-order chi connectivity index (χ1) is 20.1. The van der Waals surface area contributed by atoms with E-state index in [1.165, 1.54) is 11.8 Å². The molecule has 1 atom stereocenters. The molecule has 0 radical (unpaired) electrons. The van der Waals surface area contributed by atoms with Gasteiger partial charge in [0.25, 0.3) is 0 Å². The standard InChI is InChI=1S/C32H35F2N3O4S/c1-32(2,3)41-31(39)36-28-12-11-24(30(34)35-28)26-19-42-27-17-21(38)7-10-25(27)29(26)20-5-8-22(9-6-20)40-23-13-16-37(18-23)15-4-14-33/h5-12,17,23,38H,4,13-16,18-19H2,1-3H3,(H,35,36,39)/t23-/m0/s1. The third kappa shape index (κ3) is 7.22. The van der Waals surface area contributed by atoms with Gasteiger partial charge in [-0.05, 0) is 98.4 Å². The summed E-state index contributed by atoms with van der Waals surface area (Å²) >= 11 is 1.51. The molecule has 3 heterocycles. The Morgan fingerprint density at radius 1 is 1.14 bits per heavy atom. The van der Waals surface area contributed by atoms with Crippen molar-refractivity contribution in [2.24, 2.45) is 0 Å². The lowest BCUT2D eigenvalue weighted by atomic mass is 9.90. The molecule has 5 rings (SSSR count). The molecule has 2 aliphatic heterocycles. The number of hydrogen-bond acceptors (Lipinski definition) is 7. The van der Waals surface area contributed by atoms with Gasteiger partial charge in [0.1, 0.15) is 29.0 Å². The minimum Gasteiger partial charge on any atom is -0.508 e. The normalized spacial score (nSPS) is 17.2. The van der Waals surface area contributed by atoms with Gasteiger partial charge in [0.2, 0.25) is 5.95 Å². The van der Waals surface area contributed by atoms with Crippen LogP contribution in [0.5, 0.6) is 11.5 Å². The molecule has 222 valence electrons. The highest BCUT2D eigenvalue weighted by molar-refractivity contribution is 7.99. The summed E-state index contributed by atoms with van der Waals surface area (Å²) < 4.78 is 39.5. The molecule has 0 saturated carbocycles. The summed E-state index contributed by atoms with van der Waals surface area (Å²) in [4.78, 5) is 19.3. The number of rotatable bonds is 8. The fraction of sp³-hybridized carbons (Fsp3) is 0.375. The van der Waals surface area contributed by atoms with Crippen molar-refractivity contribution in [3.05, 3.63) is 77.2 Å². The van der Waals surface area contributed by atoms with Gasteiger partial charge in [-0.25, -0.2) is 9.78 Å². The zero-order valence-corrected chi connectivity index (χ0v) is 24.8. The number of aromatic hydroxyl groups is 1. The van der Waals surface area contributed by atoms with Crippen LogP contribution in [0.2, 0.25) is 0 Å². The number of nitrogens with one attached hydrogen (secondary N) is 1. The van der Waals surface area contributed by atoms with Crippen LogP contribution in [0.15, 0.2) is 59.5 Å². The number of carbonyl (C=O) groups is 1. The number of thioether (sulfide) groups is 1. The monoisotopic (exact) mass is 595 g/mol. The molecule has 1 fully saturated rings. The van der Waals surface area contributed by atoms with Crippen molar-refractivity contribution in [3.8, 4) is 11.5 Å². The Labute approximate surface area is 248 Å². The minimum absolute atomic E-state index is 0.0491. The lowest BCUT2D eigenvalue weighted by molar-refractivity contribution is 0.0635. The van der Waals surface area contributed by atoms with E-state index in [4.69, 9.17) is 9.47 Å². The van der Waals surface area contributed by atoms with E-state index < -0.39 is 17.6 Å². The molecule has 0 aliphatic carbocycles. The zero-order chi connectivity index (χ0) is 29.9. The van der Waals surface area contributed by atoms with Crippen LogP contribution >= 0.6 is 11.8 Å². The molecule has 1 amide bonds. The highest BCUT2D eigenvalue weighted by Gasteiger charge is 2.26. The van der Waals surface area contributed by atoms with Gasteiger partial charge < -0.3 is 14.6 Å². The Hall–Kier alpha value is -3.63. The third-order valence-corrected chi connectivity index (χ3v) is 8.08. The molecule has 0 unspecified atom stereocenters. The second-order valence-electron chi connectivity index (χ2n) is 11.4. The van der Waals surface area contributed by atoms with Gasteiger partial charge in [-0.2, -0.15) is 4.39 Å². The number of anilines is 1. The van der Waals surface area contributed by atoms with E-state index in [9.17, 15) is 14.3 Å². The molecule has 0 spiro atoms. The number of carbonyl (C=O) groups excluding carboxylic acids is 1. The second kappa shape index (κ2) is 12.7. The average Bonchev–Trinajstić information content (AvgIpc) is 3.38. The maximum absolute atomic E-state index is 15.5. The largest absolute Gasteiger partial charge is 0.508 e. The number of halogens is 2. The summed E-state index contributed by atoms with van der Waals surface area (Å²) in [6.07, 6.45) is 0.766. The van der Waals surface area contributed by atoms with E-state index >= 15 is 4.39 Å². The third-order valence-electron chi connectivity index (χ3n) is 6.99. The summed E-state index contributed by atoms with van der Waals surface area (Å²) in [5, 5.41) is 12.6. The van der Waals surface area contributed by atoms with Gasteiger partial charge in [-0.1, -0.05) is 12.1 Å². The summed E-state index contributed by atoms with van der Waals surface area (Å²) in [5.74, 6) is 0.698. The lowest BCUT2D eigenvalue weighted by Gasteiger charge is -2.25.